The van der Waals surface area contributed by atoms with Crippen molar-refractivity contribution in [3.8, 4) is 11.3 Å². The van der Waals surface area contributed by atoms with Gasteiger partial charge in [-0.25, -0.2) is 4.98 Å². The van der Waals surface area contributed by atoms with Gasteiger partial charge in [0.15, 0.2) is 0 Å². The minimum atomic E-state index is 0.250. The Morgan fingerprint density at radius 2 is 2.33 bits per heavy atom. The number of nitrogens with one attached hydrogen (secondary N) is 2. The first-order chi connectivity index (χ1) is 8.86. The van der Waals surface area contributed by atoms with Gasteiger partial charge in [0, 0.05) is 31.6 Å². The third kappa shape index (κ3) is 2.14. The summed E-state index contributed by atoms with van der Waals surface area (Å²) in [4.78, 5) is 11.9. The quantitative estimate of drug-likeness (QED) is 0.859. The fraction of sp³-hybridized carbons (Fsp3) is 0.385. The number of nitrogens with zero attached hydrogens (tertiary/aromatic N) is 2. The highest BCUT2D eigenvalue weighted by Gasteiger charge is 2.27. The lowest BCUT2D eigenvalue weighted by Crippen LogP contribution is -2.16. The molecule has 0 radical (unpaired) electrons. The molecule has 1 aliphatic heterocycles. The second kappa shape index (κ2) is 4.88. The van der Waals surface area contributed by atoms with E-state index < -0.39 is 0 Å². The molecule has 1 aliphatic rings. The molecule has 0 unspecified atom stereocenters. The van der Waals surface area contributed by atoms with Crippen molar-refractivity contribution in [2.45, 2.75) is 18.6 Å². The van der Waals surface area contributed by atoms with Crippen molar-refractivity contribution in [3.05, 3.63) is 36.5 Å². The fourth-order valence-corrected chi connectivity index (χ4v) is 2.27. The number of aromatic nitrogens is 3. The Morgan fingerprint density at radius 1 is 1.39 bits per heavy atom. The fourth-order valence-electron chi connectivity index (χ4n) is 2.27. The van der Waals surface area contributed by atoms with E-state index in [4.69, 9.17) is 4.74 Å². The summed E-state index contributed by atoms with van der Waals surface area (Å²) in [6.45, 7) is 0.879. The first-order valence-electron chi connectivity index (χ1n) is 6.08. The second-order valence-corrected chi connectivity index (χ2v) is 4.48. The van der Waals surface area contributed by atoms with Crippen molar-refractivity contribution in [1.29, 1.82) is 0 Å². The van der Waals surface area contributed by atoms with Crippen LogP contribution in [0.2, 0.25) is 0 Å². The Kier molecular flexibility index (Phi) is 3.08. The Bertz CT molecular complexity index is 511. The van der Waals surface area contributed by atoms with Crippen LogP contribution in [0.15, 0.2) is 30.7 Å². The van der Waals surface area contributed by atoms with Gasteiger partial charge < -0.3 is 15.0 Å². The first kappa shape index (κ1) is 11.4. The summed E-state index contributed by atoms with van der Waals surface area (Å²) < 4.78 is 5.34. The zero-order valence-corrected chi connectivity index (χ0v) is 10.3. The normalized spacial score (nSPS) is 23.4. The molecule has 18 heavy (non-hydrogen) atoms. The van der Waals surface area contributed by atoms with Crippen molar-refractivity contribution in [3.63, 3.8) is 0 Å². The summed E-state index contributed by atoms with van der Waals surface area (Å²) in [5.41, 5.74) is 2.05. The maximum atomic E-state index is 5.34. The van der Waals surface area contributed by atoms with E-state index in [1.54, 1.807) is 13.3 Å². The molecule has 2 aromatic rings. The third-order valence-corrected chi connectivity index (χ3v) is 3.32. The number of aromatic amines is 1. The van der Waals surface area contributed by atoms with E-state index in [9.17, 15) is 0 Å². The van der Waals surface area contributed by atoms with Gasteiger partial charge >= 0.3 is 0 Å². The highest BCUT2D eigenvalue weighted by atomic mass is 16.5. The molecule has 3 rings (SSSR count). The zero-order chi connectivity index (χ0) is 12.4. The maximum absolute atomic E-state index is 5.34. The van der Waals surface area contributed by atoms with Gasteiger partial charge in [0.2, 0.25) is 0 Å². The molecule has 2 N–H and O–H groups in total. The molecule has 2 aromatic heterocycles. The van der Waals surface area contributed by atoms with Crippen LogP contribution in [-0.2, 0) is 4.74 Å². The Balaban J connectivity index is 1.78. The first-order valence-corrected chi connectivity index (χ1v) is 6.08. The molecule has 0 amide bonds. The van der Waals surface area contributed by atoms with E-state index in [1.807, 2.05) is 24.5 Å². The predicted octanol–water partition coefficient (Wildman–Crippen LogP) is 1.52. The highest BCUT2D eigenvalue weighted by molar-refractivity contribution is 5.56. The monoisotopic (exact) mass is 244 g/mol. The van der Waals surface area contributed by atoms with E-state index in [2.05, 4.69) is 20.3 Å². The van der Waals surface area contributed by atoms with Crippen molar-refractivity contribution in [2.24, 2.45) is 0 Å². The number of pyridine rings is 1. The lowest BCUT2D eigenvalue weighted by Gasteiger charge is -2.06. The molecule has 0 spiro atoms. The summed E-state index contributed by atoms with van der Waals surface area (Å²) in [7, 11) is 1.75. The molecule has 5 heteroatoms. The molecule has 5 nitrogen and oxygen atoms in total. The van der Waals surface area contributed by atoms with Gasteiger partial charge in [0.05, 0.1) is 24.0 Å². The zero-order valence-electron chi connectivity index (χ0n) is 10.3. The Labute approximate surface area is 106 Å². The lowest BCUT2D eigenvalue weighted by atomic mass is 10.2. The van der Waals surface area contributed by atoms with E-state index in [-0.39, 0.29) is 12.1 Å². The molecule has 3 heterocycles. The number of ether oxygens (including phenoxy) is 1. The van der Waals surface area contributed by atoms with Crippen molar-refractivity contribution < 1.29 is 4.74 Å². The summed E-state index contributed by atoms with van der Waals surface area (Å²) in [5.74, 6) is 0.966. The van der Waals surface area contributed by atoms with Crippen LogP contribution in [-0.4, -0.2) is 34.7 Å². The van der Waals surface area contributed by atoms with Gasteiger partial charge in [0.25, 0.3) is 0 Å². The summed E-state index contributed by atoms with van der Waals surface area (Å²) >= 11 is 0. The summed E-state index contributed by atoms with van der Waals surface area (Å²) in [6.07, 6.45) is 6.69. The highest BCUT2D eigenvalue weighted by Crippen LogP contribution is 2.24. The van der Waals surface area contributed by atoms with Gasteiger partial charge in [-0.05, 0) is 18.6 Å². The topological polar surface area (TPSA) is 62.8 Å². The van der Waals surface area contributed by atoms with Gasteiger partial charge in [-0.1, -0.05) is 0 Å². The molecule has 0 aromatic carbocycles. The minimum absolute atomic E-state index is 0.250. The van der Waals surface area contributed by atoms with Crippen LogP contribution in [0.4, 0.5) is 0 Å². The van der Waals surface area contributed by atoms with Crippen LogP contribution < -0.4 is 5.32 Å². The molecule has 1 fully saturated rings. The van der Waals surface area contributed by atoms with Gasteiger partial charge in [0.1, 0.15) is 5.82 Å². The van der Waals surface area contributed by atoms with Gasteiger partial charge in [-0.15, -0.1) is 0 Å². The van der Waals surface area contributed by atoms with E-state index in [0.29, 0.717) is 0 Å². The molecule has 0 aliphatic carbocycles. The largest absolute Gasteiger partial charge is 0.380 e. The molecule has 0 saturated carbocycles. The molecule has 2 atom stereocenters. The molecular weight excluding hydrogens is 228 g/mol. The minimum Gasteiger partial charge on any atom is -0.380 e. The molecular formula is C13H16N4O. The number of imidazole rings is 1. The predicted molar refractivity (Wildman–Crippen MR) is 68.0 cm³/mol. The van der Waals surface area contributed by atoms with Crippen LogP contribution in [0.25, 0.3) is 11.3 Å². The molecule has 0 bridgehead atoms. The number of hydrogen-bond donors (Lipinski definition) is 2. The van der Waals surface area contributed by atoms with Crippen LogP contribution in [0.1, 0.15) is 18.3 Å². The van der Waals surface area contributed by atoms with E-state index in [0.717, 1.165) is 30.0 Å². The van der Waals surface area contributed by atoms with E-state index in [1.165, 1.54) is 0 Å². The van der Waals surface area contributed by atoms with Gasteiger partial charge in [-0.3, -0.25) is 4.98 Å². The SMILES string of the molecule is CO[C@H]1CN[C@@H](c2ncc(-c3cccnc3)[nH]2)C1. The summed E-state index contributed by atoms with van der Waals surface area (Å²) in [6, 6.07) is 4.19. The Hall–Kier alpha value is -1.72. The van der Waals surface area contributed by atoms with Crippen molar-refractivity contribution >= 4 is 0 Å². The standard InChI is InChI=1S/C13H16N4O/c1-18-10-5-11(15-7-10)13-16-8-12(17-13)9-3-2-4-14-6-9/h2-4,6,8,10-11,15H,5,7H2,1H3,(H,16,17)/t10-,11-/m1/s1. The third-order valence-electron chi connectivity index (χ3n) is 3.32. The lowest BCUT2D eigenvalue weighted by molar-refractivity contribution is 0.117. The second-order valence-electron chi connectivity index (χ2n) is 4.48. The number of rotatable bonds is 3. The van der Waals surface area contributed by atoms with Crippen LogP contribution in [0, 0.1) is 0 Å². The number of hydrogen-bond acceptors (Lipinski definition) is 4. The average molecular weight is 244 g/mol. The van der Waals surface area contributed by atoms with Crippen LogP contribution >= 0.6 is 0 Å². The van der Waals surface area contributed by atoms with Crippen LogP contribution in [0.3, 0.4) is 0 Å². The molecule has 1 saturated heterocycles. The van der Waals surface area contributed by atoms with Crippen molar-refractivity contribution in [2.75, 3.05) is 13.7 Å². The van der Waals surface area contributed by atoms with Crippen molar-refractivity contribution in [1.82, 2.24) is 20.3 Å². The number of H-pyrrole nitrogens is 1. The van der Waals surface area contributed by atoms with Gasteiger partial charge in [-0.2, -0.15) is 0 Å². The maximum Gasteiger partial charge on any atom is 0.123 e. The van der Waals surface area contributed by atoms with Crippen LogP contribution in [0.5, 0.6) is 0 Å². The number of methoxy groups -OCH3 is 1. The average Bonchev–Trinajstić information content (AvgIpc) is 3.08. The molecule has 94 valence electrons. The van der Waals surface area contributed by atoms with E-state index >= 15 is 0 Å². The smallest absolute Gasteiger partial charge is 0.123 e. The summed E-state index contributed by atoms with van der Waals surface area (Å²) in [5, 5.41) is 3.40. The Morgan fingerprint density at radius 3 is 3.06 bits per heavy atom.